The van der Waals surface area contributed by atoms with Gasteiger partial charge in [0, 0.05) is 0 Å². The first-order valence-electron chi connectivity index (χ1n) is 8.13. The lowest BCUT2D eigenvalue weighted by molar-refractivity contribution is -0.274. The lowest BCUT2D eigenvalue weighted by Gasteiger charge is -2.28. The van der Waals surface area contributed by atoms with Crippen LogP contribution < -0.4 is 19.1 Å². The molecule has 0 saturated heterocycles. The average molecular weight is 446 g/mol. The number of nitrogens with one attached hydrogen (secondary N) is 1. The van der Waals surface area contributed by atoms with Crippen LogP contribution in [0.4, 0.5) is 24.5 Å². The van der Waals surface area contributed by atoms with Gasteiger partial charge < -0.3 is 14.6 Å². The molecule has 1 amide bonds. The Kier molecular flexibility index (Phi) is 5.48. The zero-order valence-electron chi connectivity index (χ0n) is 14.8. The van der Waals surface area contributed by atoms with Gasteiger partial charge >= 0.3 is 12.3 Å². The molecule has 0 bridgehead atoms. The zero-order valence-corrected chi connectivity index (χ0v) is 15.7. The molecule has 2 aromatic carbocycles. The molecule has 2 N–H and O–H groups in total. The molecular weight excluding hydrogens is 433 g/mol. The summed E-state index contributed by atoms with van der Waals surface area (Å²) in [5.74, 6) is -2.72. The number of amides is 1. The highest BCUT2D eigenvalue weighted by Crippen LogP contribution is 2.36. The number of anilines is 2. The first-order valence-corrected chi connectivity index (χ1v) is 9.61. The van der Waals surface area contributed by atoms with Crippen molar-refractivity contribution >= 4 is 33.3 Å². The molecule has 2 aromatic rings. The van der Waals surface area contributed by atoms with E-state index in [1.165, 1.54) is 18.2 Å². The molecule has 0 saturated carbocycles. The van der Waals surface area contributed by atoms with E-state index in [0.29, 0.717) is 0 Å². The minimum atomic E-state index is -5.04. The van der Waals surface area contributed by atoms with Gasteiger partial charge in [-0.2, -0.15) is 0 Å². The second-order valence-electron chi connectivity index (χ2n) is 5.94. The second-order valence-corrected chi connectivity index (χ2v) is 7.62. The van der Waals surface area contributed by atoms with Gasteiger partial charge in [0.2, 0.25) is 0 Å². The lowest BCUT2D eigenvalue weighted by atomic mass is 10.2. The fourth-order valence-corrected chi connectivity index (χ4v) is 3.72. The molecule has 1 aliphatic rings. The van der Waals surface area contributed by atoms with Crippen molar-refractivity contribution in [1.29, 1.82) is 0 Å². The number of nitrogens with zero attached hydrogens (tertiary/aromatic N) is 1. The van der Waals surface area contributed by atoms with Crippen LogP contribution in [0.2, 0.25) is 0 Å². The zero-order chi connectivity index (χ0) is 22.1. The molecule has 0 aromatic heterocycles. The van der Waals surface area contributed by atoms with Crippen LogP contribution in [0, 0.1) is 0 Å². The molecule has 160 valence electrons. The third-order valence-corrected chi connectivity index (χ3v) is 5.20. The van der Waals surface area contributed by atoms with Gasteiger partial charge in [-0.15, -0.1) is 13.2 Å². The summed E-state index contributed by atoms with van der Waals surface area (Å²) in [4.78, 5) is 23.4. The fourth-order valence-electron chi connectivity index (χ4n) is 2.63. The number of carboxylic acids is 1. The molecule has 1 aliphatic heterocycles. The van der Waals surface area contributed by atoms with Gasteiger partial charge in [-0.05, 0) is 30.3 Å². The van der Waals surface area contributed by atoms with Crippen molar-refractivity contribution in [3.8, 4) is 11.5 Å². The normalized spacial score (nSPS) is 14.0. The first kappa shape index (κ1) is 21.2. The number of hydrogen-bond acceptors (Lipinski definition) is 6. The molecule has 1 heterocycles. The summed E-state index contributed by atoms with van der Waals surface area (Å²) in [7, 11) is -4.43. The van der Waals surface area contributed by atoms with Gasteiger partial charge in [0.25, 0.3) is 15.9 Å². The van der Waals surface area contributed by atoms with Crippen LogP contribution in [-0.2, 0) is 19.6 Å². The van der Waals surface area contributed by atoms with Crippen molar-refractivity contribution in [2.45, 2.75) is 11.3 Å². The van der Waals surface area contributed by atoms with Crippen molar-refractivity contribution in [2.24, 2.45) is 0 Å². The van der Waals surface area contributed by atoms with Gasteiger partial charge in [-0.1, -0.05) is 12.1 Å². The highest BCUT2D eigenvalue weighted by molar-refractivity contribution is 7.92. The standard InChI is InChI=1S/C17H13F3N2O7S/c18-17(19,20)29-13-4-2-1-3-11(13)21-30(26,27)10-5-6-14-12(7-10)22(8-16(24)25)15(23)9-28-14/h1-7,21H,8-9H2,(H,24,25). The largest absolute Gasteiger partial charge is 0.573 e. The van der Waals surface area contributed by atoms with Crippen molar-refractivity contribution in [3.05, 3.63) is 42.5 Å². The molecule has 0 spiro atoms. The van der Waals surface area contributed by atoms with Crippen molar-refractivity contribution in [2.75, 3.05) is 22.8 Å². The van der Waals surface area contributed by atoms with E-state index in [1.807, 2.05) is 4.72 Å². The molecule has 3 rings (SSSR count). The van der Waals surface area contributed by atoms with Crippen molar-refractivity contribution in [3.63, 3.8) is 0 Å². The molecule has 0 unspecified atom stereocenters. The summed E-state index contributed by atoms with van der Waals surface area (Å²) in [6, 6.07) is 7.83. The predicted octanol–water partition coefficient (Wildman–Crippen LogP) is 2.20. The summed E-state index contributed by atoms with van der Waals surface area (Å²) < 4.78 is 74.0. The van der Waals surface area contributed by atoms with Crippen molar-refractivity contribution < 1.29 is 45.8 Å². The van der Waals surface area contributed by atoms with Gasteiger partial charge in [0.15, 0.2) is 12.4 Å². The Hall–Kier alpha value is -3.48. The summed E-state index contributed by atoms with van der Waals surface area (Å²) in [6.07, 6.45) is -5.04. The van der Waals surface area contributed by atoms with Gasteiger partial charge in [0.1, 0.15) is 12.3 Å². The fraction of sp³-hybridized carbons (Fsp3) is 0.176. The maximum Gasteiger partial charge on any atom is 0.573 e. The van der Waals surface area contributed by atoms with E-state index in [-0.39, 0.29) is 11.4 Å². The molecule has 13 heteroatoms. The third-order valence-electron chi connectivity index (χ3n) is 3.83. The molecule has 0 radical (unpaired) electrons. The van der Waals surface area contributed by atoms with E-state index in [9.17, 15) is 31.2 Å². The number of carboxylic acid groups (broad SMARTS) is 1. The van der Waals surface area contributed by atoms with Crippen LogP contribution >= 0.6 is 0 Å². The Bertz CT molecular complexity index is 1100. The average Bonchev–Trinajstić information content (AvgIpc) is 2.64. The van der Waals surface area contributed by atoms with E-state index < -0.39 is 57.7 Å². The van der Waals surface area contributed by atoms with E-state index in [1.54, 1.807) is 0 Å². The molecule has 0 fully saturated rings. The molecule has 0 aliphatic carbocycles. The highest BCUT2D eigenvalue weighted by atomic mass is 32.2. The van der Waals surface area contributed by atoms with Crippen LogP contribution in [0.15, 0.2) is 47.4 Å². The number of para-hydroxylation sites is 2. The van der Waals surface area contributed by atoms with Gasteiger partial charge in [-0.3, -0.25) is 19.2 Å². The molecule has 30 heavy (non-hydrogen) atoms. The van der Waals surface area contributed by atoms with Crippen LogP contribution in [0.25, 0.3) is 0 Å². The minimum absolute atomic E-state index is 0.0793. The summed E-state index contributed by atoms with van der Waals surface area (Å²) in [6.45, 7) is -1.15. The highest BCUT2D eigenvalue weighted by Gasteiger charge is 2.33. The smallest absolute Gasteiger partial charge is 0.482 e. The van der Waals surface area contributed by atoms with Crippen LogP contribution in [0.5, 0.6) is 11.5 Å². The third kappa shape index (κ3) is 4.74. The second kappa shape index (κ2) is 7.74. The van der Waals surface area contributed by atoms with Crippen LogP contribution in [0.1, 0.15) is 0 Å². The number of alkyl halides is 3. The summed E-state index contributed by atoms with van der Waals surface area (Å²) in [5.41, 5.74) is -0.571. The van der Waals surface area contributed by atoms with Gasteiger partial charge in [0.05, 0.1) is 16.3 Å². The summed E-state index contributed by atoms with van der Waals surface area (Å²) in [5, 5.41) is 8.99. The van der Waals surface area contributed by atoms with E-state index in [4.69, 9.17) is 9.84 Å². The maximum absolute atomic E-state index is 12.7. The number of carbonyl (C=O) groups excluding carboxylic acids is 1. The Labute approximate surface area is 167 Å². The minimum Gasteiger partial charge on any atom is -0.482 e. The lowest BCUT2D eigenvalue weighted by Crippen LogP contribution is -2.42. The number of fused-ring (bicyclic) bond motifs is 1. The predicted molar refractivity (Wildman–Crippen MR) is 95.9 cm³/mol. The number of hydrogen-bond donors (Lipinski definition) is 2. The van der Waals surface area contributed by atoms with Crippen LogP contribution in [-0.4, -0.2) is 44.9 Å². The van der Waals surface area contributed by atoms with E-state index >= 15 is 0 Å². The number of benzene rings is 2. The van der Waals surface area contributed by atoms with E-state index in [2.05, 4.69) is 4.74 Å². The van der Waals surface area contributed by atoms with E-state index in [0.717, 1.165) is 29.2 Å². The molecule has 0 atom stereocenters. The SMILES string of the molecule is O=C(O)CN1C(=O)COc2ccc(S(=O)(=O)Nc3ccccc3OC(F)(F)F)cc21. The molecule has 9 nitrogen and oxygen atoms in total. The number of carbonyl (C=O) groups is 2. The Balaban J connectivity index is 1.96. The van der Waals surface area contributed by atoms with Gasteiger partial charge in [-0.25, -0.2) is 8.42 Å². The quantitative estimate of drug-likeness (QED) is 0.698. The molecular formula is C17H13F3N2O7S. The monoisotopic (exact) mass is 446 g/mol. The number of rotatable bonds is 6. The number of aliphatic carboxylic acids is 1. The number of halogens is 3. The first-order chi connectivity index (χ1) is 14.0. The topological polar surface area (TPSA) is 122 Å². The maximum atomic E-state index is 12.7. The Morgan fingerprint density at radius 1 is 1.23 bits per heavy atom. The summed E-state index contributed by atoms with van der Waals surface area (Å²) >= 11 is 0. The number of sulfonamides is 1. The Morgan fingerprint density at radius 2 is 1.93 bits per heavy atom. The Morgan fingerprint density at radius 3 is 2.60 bits per heavy atom. The van der Waals surface area contributed by atoms with Crippen molar-refractivity contribution in [1.82, 2.24) is 0 Å². The number of ether oxygens (including phenoxy) is 2. The van der Waals surface area contributed by atoms with Crippen LogP contribution in [0.3, 0.4) is 0 Å².